The highest BCUT2D eigenvalue weighted by molar-refractivity contribution is 6.17. The Morgan fingerprint density at radius 1 is 1.22 bits per heavy atom. The van der Waals surface area contributed by atoms with Crippen molar-refractivity contribution in [3.8, 4) is 0 Å². The molecule has 2 nitrogen and oxygen atoms in total. The van der Waals surface area contributed by atoms with Crippen LogP contribution in [-0.2, 0) is 4.79 Å². The van der Waals surface area contributed by atoms with Crippen molar-refractivity contribution in [1.82, 2.24) is 5.32 Å². The second-order valence-electron chi connectivity index (χ2n) is 6.20. The van der Waals surface area contributed by atoms with Crippen LogP contribution < -0.4 is 5.32 Å². The molecule has 0 heterocycles. The van der Waals surface area contributed by atoms with E-state index in [-0.39, 0.29) is 17.9 Å². The highest BCUT2D eigenvalue weighted by Crippen LogP contribution is 2.42. The van der Waals surface area contributed by atoms with Gasteiger partial charge in [-0.3, -0.25) is 4.79 Å². The van der Waals surface area contributed by atoms with E-state index in [1.165, 1.54) is 32.1 Å². The summed E-state index contributed by atoms with van der Waals surface area (Å²) in [6, 6.07) is 0.221. The van der Waals surface area contributed by atoms with Crippen LogP contribution in [0.1, 0.15) is 58.3 Å². The quantitative estimate of drug-likeness (QED) is 0.776. The first kappa shape index (κ1) is 14.2. The number of amides is 1. The third-order valence-corrected chi connectivity index (χ3v) is 5.06. The third-order valence-electron chi connectivity index (χ3n) is 4.84. The number of carbonyl (C=O) groups excluding carboxylic acids is 1. The van der Waals surface area contributed by atoms with Crippen LogP contribution in [0.5, 0.6) is 0 Å². The number of fused-ring (bicyclic) bond motifs is 1. The zero-order chi connectivity index (χ0) is 13.0. The lowest BCUT2D eigenvalue weighted by molar-refractivity contribution is -0.127. The summed E-state index contributed by atoms with van der Waals surface area (Å²) in [6.07, 6.45) is 9.90. The molecule has 0 aromatic heterocycles. The molecule has 0 saturated heterocycles. The molecule has 1 N–H and O–H groups in total. The van der Waals surface area contributed by atoms with E-state index in [0.717, 1.165) is 31.1 Å². The average molecular weight is 272 g/mol. The minimum atomic E-state index is 0.221. The van der Waals surface area contributed by atoms with E-state index in [0.29, 0.717) is 5.88 Å². The first-order valence-corrected chi connectivity index (χ1v) is 8.10. The lowest BCUT2D eigenvalue weighted by atomic mass is 9.67. The summed E-state index contributed by atoms with van der Waals surface area (Å²) in [4.78, 5) is 12.2. The molecule has 1 amide bonds. The van der Waals surface area contributed by atoms with Crippen molar-refractivity contribution in [2.45, 2.75) is 64.3 Å². The van der Waals surface area contributed by atoms with Crippen molar-refractivity contribution in [1.29, 1.82) is 0 Å². The Balaban J connectivity index is 1.81. The highest BCUT2D eigenvalue weighted by atomic mass is 35.5. The smallest absolute Gasteiger partial charge is 0.223 e. The van der Waals surface area contributed by atoms with Crippen molar-refractivity contribution in [2.75, 3.05) is 5.88 Å². The maximum absolute atomic E-state index is 12.2. The third kappa shape index (κ3) is 3.63. The molecule has 2 rings (SSSR count). The van der Waals surface area contributed by atoms with E-state index in [1.54, 1.807) is 0 Å². The first-order chi connectivity index (χ1) is 8.70. The molecule has 104 valence electrons. The zero-order valence-electron chi connectivity index (χ0n) is 11.5. The molecule has 0 aromatic rings. The van der Waals surface area contributed by atoms with Gasteiger partial charge in [-0.15, -0.1) is 11.6 Å². The molecule has 2 saturated carbocycles. The molecule has 2 aliphatic rings. The normalized spacial score (nSPS) is 33.6. The van der Waals surface area contributed by atoms with E-state index in [9.17, 15) is 4.79 Å². The summed E-state index contributed by atoms with van der Waals surface area (Å²) in [5.74, 6) is 2.91. The lowest BCUT2D eigenvalue weighted by Crippen LogP contribution is -2.41. The van der Waals surface area contributed by atoms with Crippen molar-refractivity contribution in [2.24, 2.45) is 17.8 Å². The molecule has 0 spiro atoms. The molecule has 2 fully saturated rings. The highest BCUT2D eigenvalue weighted by Gasteiger charge is 2.35. The standard InChI is InChI=1S/C15H26ClNO/c1-11(8-9-16)17-15(18)14-7-6-12-4-2-3-5-13(12)10-14/h11-14H,2-10H2,1H3,(H,17,18). The fourth-order valence-electron chi connectivity index (χ4n) is 3.71. The summed E-state index contributed by atoms with van der Waals surface area (Å²) in [5, 5.41) is 3.12. The van der Waals surface area contributed by atoms with Gasteiger partial charge in [0.1, 0.15) is 0 Å². The van der Waals surface area contributed by atoms with Crippen molar-refractivity contribution < 1.29 is 4.79 Å². The average Bonchev–Trinajstić information content (AvgIpc) is 2.38. The summed E-state index contributed by atoms with van der Waals surface area (Å²) < 4.78 is 0. The Morgan fingerprint density at radius 3 is 2.67 bits per heavy atom. The largest absolute Gasteiger partial charge is 0.353 e. The topological polar surface area (TPSA) is 29.1 Å². The summed E-state index contributed by atoms with van der Waals surface area (Å²) in [6.45, 7) is 2.05. The van der Waals surface area contributed by atoms with Crippen LogP contribution in [0, 0.1) is 17.8 Å². The Morgan fingerprint density at radius 2 is 1.94 bits per heavy atom. The summed E-state index contributed by atoms with van der Waals surface area (Å²) in [7, 11) is 0. The number of carbonyl (C=O) groups is 1. The van der Waals surface area contributed by atoms with Gasteiger partial charge in [-0.05, 0) is 44.4 Å². The second kappa shape index (κ2) is 6.79. The van der Waals surface area contributed by atoms with Gasteiger partial charge < -0.3 is 5.32 Å². The van der Waals surface area contributed by atoms with Gasteiger partial charge in [-0.2, -0.15) is 0 Å². The molecule has 0 aromatic carbocycles. The van der Waals surface area contributed by atoms with E-state index in [1.807, 2.05) is 6.92 Å². The Hall–Kier alpha value is -0.240. The van der Waals surface area contributed by atoms with Crippen LogP contribution in [0.4, 0.5) is 0 Å². The van der Waals surface area contributed by atoms with Crippen LogP contribution in [0.2, 0.25) is 0 Å². The first-order valence-electron chi connectivity index (χ1n) is 7.57. The van der Waals surface area contributed by atoms with Crippen LogP contribution >= 0.6 is 11.6 Å². The SMILES string of the molecule is CC(CCCl)NC(=O)C1CCC2CCCCC2C1. The van der Waals surface area contributed by atoms with Crippen LogP contribution in [-0.4, -0.2) is 17.8 Å². The molecule has 18 heavy (non-hydrogen) atoms. The van der Waals surface area contributed by atoms with E-state index >= 15 is 0 Å². The van der Waals surface area contributed by atoms with Crippen LogP contribution in [0.25, 0.3) is 0 Å². The number of nitrogens with one attached hydrogen (secondary N) is 1. The molecular formula is C15H26ClNO. The Bertz CT molecular complexity index is 282. The zero-order valence-corrected chi connectivity index (χ0v) is 12.2. The van der Waals surface area contributed by atoms with Gasteiger partial charge in [0.25, 0.3) is 0 Å². The molecule has 2 aliphatic carbocycles. The van der Waals surface area contributed by atoms with Crippen molar-refractivity contribution in [3.63, 3.8) is 0 Å². The molecule has 4 atom stereocenters. The number of halogens is 1. The Kier molecular flexibility index (Phi) is 5.35. The predicted molar refractivity (Wildman–Crippen MR) is 75.7 cm³/mol. The van der Waals surface area contributed by atoms with Crippen LogP contribution in [0.3, 0.4) is 0 Å². The van der Waals surface area contributed by atoms with Crippen molar-refractivity contribution >= 4 is 17.5 Å². The van der Waals surface area contributed by atoms with Crippen LogP contribution in [0.15, 0.2) is 0 Å². The van der Waals surface area contributed by atoms with Gasteiger partial charge in [0.05, 0.1) is 0 Å². The molecule has 0 aliphatic heterocycles. The van der Waals surface area contributed by atoms with E-state index in [4.69, 9.17) is 11.6 Å². The van der Waals surface area contributed by atoms with Gasteiger partial charge in [0.2, 0.25) is 5.91 Å². The number of hydrogen-bond donors (Lipinski definition) is 1. The monoisotopic (exact) mass is 271 g/mol. The fourth-order valence-corrected chi connectivity index (χ4v) is 4.04. The minimum Gasteiger partial charge on any atom is -0.353 e. The predicted octanol–water partition coefficient (Wildman–Crippen LogP) is 3.73. The molecule has 0 radical (unpaired) electrons. The fraction of sp³-hybridized carbons (Fsp3) is 0.933. The van der Waals surface area contributed by atoms with Gasteiger partial charge in [-0.25, -0.2) is 0 Å². The minimum absolute atomic E-state index is 0.221. The van der Waals surface area contributed by atoms with Gasteiger partial charge in [0, 0.05) is 17.8 Å². The van der Waals surface area contributed by atoms with E-state index in [2.05, 4.69) is 5.32 Å². The summed E-state index contributed by atoms with van der Waals surface area (Å²) in [5.41, 5.74) is 0. The number of rotatable bonds is 4. The van der Waals surface area contributed by atoms with E-state index < -0.39 is 0 Å². The molecule has 0 bridgehead atoms. The number of hydrogen-bond acceptors (Lipinski definition) is 1. The maximum atomic E-state index is 12.2. The summed E-state index contributed by atoms with van der Waals surface area (Å²) >= 11 is 5.71. The molecular weight excluding hydrogens is 246 g/mol. The van der Waals surface area contributed by atoms with Gasteiger partial charge in [0.15, 0.2) is 0 Å². The maximum Gasteiger partial charge on any atom is 0.223 e. The Labute approximate surface area is 116 Å². The van der Waals surface area contributed by atoms with Gasteiger partial charge >= 0.3 is 0 Å². The number of alkyl halides is 1. The van der Waals surface area contributed by atoms with Crippen molar-refractivity contribution in [3.05, 3.63) is 0 Å². The lowest BCUT2D eigenvalue weighted by Gasteiger charge is -2.39. The van der Waals surface area contributed by atoms with Gasteiger partial charge in [-0.1, -0.05) is 25.7 Å². The second-order valence-corrected chi connectivity index (χ2v) is 6.58. The molecule has 3 heteroatoms. The molecule has 4 unspecified atom stereocenters.